The largest absolute Gasteiger partial charge is 0.485 e. The zero-order valence-electron chi connectivity index (χ0n) is 19.1. The number of thioether (sulfide) groups is 1. The van der Waals surface area contributed by atoms with Crippen LogP contribution in [-0.2, 0) is 11.4 Å². The fourth-order valence-corrected chi connectivity index (χ4v) is 4.68. The first-order chi connectivity index (χ1) is 14.8. The summed E-state index contributed by atoms with van der Waals surface area (Å²) in [5, 5.41) is 11.6. The third-order valence-electron chi connectivity index (χ3n) is 5.82. The van der Waals surface area contributed by atoms with Crippen LogP contribution in [0.3, 0.4) is 0 Å². The molecule has 1 aliphatic rings. The lowest BCUT2D eigenvalue weighted by Crippen LogP contribution is -2.35. The predicted octanol–water partition coefficient (Wildman–Crippen LogP) is 4.18. The number of benzene rings is 1. The Morgan fingerprint density at radius 1 is 1.26 bits per heavy atom. The topological polar surface area (TPSA) is 95.1 Å². The smallest absolute Gasteiger partial charge is 0.233 e. The molecule has 3 N–H and O–H groups in total. The van der Waals surface area contributed by atoms with Crippen molar-refractivity contribution in [3.63, 3.8) is 0 Å². The standard InChI is InChI=1S/C23H35N5O2S/c1-15(2)19-11-10-16(3)12-20(19)30-14-21-26-27-23(28(21)24)31-17(4)22(29)25-13-18-8-6-5-7-9-18/h10-12,15,17-18H,5-9,13-14,24H2,1-4H3,(H,25,29). The Labute approximate surface area is 189 Å². The highest BCUT2D eigenvalue weighted by atomic mass is 32.2. The summed E-state index contributed by atoms with van der Waals surface area (Å²) in [6.45, 7) is 9.16. The minimum Gasteiger partial charge on any atom is -0.485 e. The summed E-state index contributed by atoms with van der Waals surface area (Å²) >= 11 is 1.31. The first-order valence-electron chi connectivity index (χ1n) is 11.2. The summed E-state index contributed by atoms with van der Waals surface area (Å²) in [4.78, 5) is 12.5. The number of nitrogens with two attached hydrogens (primary N) is 1. The number of aryl methyl sites for hydroxylation is 1. The minimum atomic E-state index is -0.298. The summed E-state index contributed by atoms with van der Waals surface area (Å²) in [6.07, 6.45) is 6.28. The fourth-order valence-electron chi connectivity index (χ4n) is 3.86. The van der Waals surface area contributed by atoms with Crippen molar-refractivity contribution in [1.82, 2.24) is 20.2 Å². The molecule has 1 aromatic heterocycles. The summed E-state index contributed by atoms with van der Waals surface area (Å²) in [5.41, 5.74) is 2.28. The Balaban J connectivity index is 1.55. The minimum absolute atomic E-state index is 0.0118. The number of carbonyl (C=O) groups excluding carboxylic acids is 1. The first kappa shape index (κ1) is 23.4. The molecule has 31 heavy (non-hydrogen) atoms. The van der Waals surface area contributed by atoms with E-state index in [1.54, 1.807) is 0 Å². The van der Waals surface area contributed by atoms with Crippen LogP contribution in [0.2, 0.25) is 0 Å². The normalized spacial score (nSPS) is 15.8. The molecule has 1 amide bonds. The summed E-state index contributed by atoms with van der Waals surface area (Å²) in [5.74, 6) is 8.52. The van der Waals surface area contributed by atoms with Crippen molar-refractivity contribution in [3.8, 4) is 5.75 Å². The van der Waals surface area contributed by atoms with Gasteiger partial charge in [-0.2, -0.15) is 0 Å². The Morgan fingerprint density at radius 2 is 2.00 bits per heavy atom. The number of amides is 1. The molecule has 8 heteroatoms. The van der Waals surface area contributed by atoms with E-state index in [0.29, 0.717) is 22.8 Å². The molecule has 3 rings (SSSR count). The van der Waals surface area contributed by atoms with Crippen molar-refractivity contribution in [3.05, 3.63) is 35.2 Å². The number of hydrogen-bond donors (Lipinski definition) is 2. The molecule has 0 aliphatic heterocycles. The van der Waals surface area contributed by atoms with Gasteiger partial charge in [0.05, 0.1) is 5.25 Å². The highest BCUT2D eigenvalue weighted by Gasteiger charge is 2.21. The van der Waals surface area contributed by atoms with Gasteiger partial charge >= 0.3 is 0 Å². The fraction of sp³-hybridized carbons (Fsp3) is 0.609. The zero-order chi connectivity index (χ0) is 22.4. The third-order valence-corrected chi connectivity index (χ3v) is 6.88. The van der Waals surface area contributed by atoms with E-state index >= 15 is 0 Å². The number of aromatic nitrogens is 3. The van der Waals surface area contributed by atoms with Crippen LogP contribution < -0.4 is 15.9 Å². The molecule has 1 atom stereocenters. The molecule has 1 saturated carbocycles. The number of ether oxygens (including phenoxy) is 1. The van der Waals surface area contributed by atoms with Crippen LogP contribution in [0.4, 0.5) is 0 Å². The van der Waals surface area contributed by atoms with Gasteiger partial charge in [-0.3, -0.25) is 4.79 Å². The van der Waals surface area contributed by atoms with E-state index < -0.39 is 0 Å². The number of nitrogen functional groups attached to an aromatic ring is 1. The van der Waals surface area contributed by atoms with E-state index in [9.17, 15) is 4.79 Å². The lowest BCUT2D eigenvalue weighted by molar-refractivity contribution is -0.120. The maximum absolute atomic E-state index is 12.5. The average Bonchev–Trinajstić information content (AvgIpc) is 3.10. The Bertz CT molecular complexity index is 877. The highest BCUT2D eigenvalue weighted by molar-refractivity contribution is 8.00. The number of hydrogen-bond acceptors (Lipinski definition) is 6. The van der Waals surface area contributed by atoms with Crippen molar-refractivity contribution in [2.45, 2.75) is 82.7 Å². The highest BCUT2D eigenvalue weighted by Crippen LogP contribution is 2.28. The van der Waals surface area contributed by atoms with Crippen LogP contribution in [0.25, 0.3) is 0 Å². The molecule has 2 aromatic rings. The molecular formula is C23H35N5O2S. The van der Waals surface area contributed by atoms with E-state index in [1.165, 1.54) is 48.5 Å². The molecule has 1 aliphatic carbocycles. The van der Waals surface area contributed by atoms with E-state index in [1.807, 2.05) is 19.9 Å². The maximum Gasteiger partial charge on any atom is 0.233 e. The van der Waals surface area contributed by atoms with Gasteiger partial charge in [-0.1, -0.05) is 57.0 Å². The van der Waals surface area contributed by atoms with Crippen molar-refractivity contribution in [2.75, 3.05) is 12.4 Å². The monoisotopic (exact) mass is 445 g/mol. The van der Waals surface area contributed by atoms with Crippen LogP contribution in [0, 0.1) is 12.8 Å². The Hall–Kier alpha value is -2.22. The van der Waals surface area contributed by atoms with E-state index in [0.717, 1.165) is 23.4 Å². The Morgan fingerprint density at radius 3 is 2.71 bits per heavy atom. The molecule has 1 unspecified atom stereocenters. The SMILES string of the molecule is Cc1ccc(C(C)C)c(OCc2nnc(SC(C)C(=O)NCC3CCCCC3)n2N)c1. The van der Waals surface area contributed by atoms with Crippen molar-refractivity contribution >= 4 is 17.7 Å². The Kier molecular flexibility index (Phi) is 8.23. The van der Waals surface area contributed by atoms with Gasteiger partial charge in [0.1, 0.15) is 12.4 Å². The van der Waals surface area contributed by atoms with Gasteiger partial charge in [-0.15, -0.1) is 10.2 Å². The zero-order valence-corrected chi connectivity index (χ0v) is 19.9. The predicted molar refractivity (Wildman–Crippen MR) is 125 cm³/mol. The molecule has 1 aromatic carbocycles. The molecule has 1 fully saturated rings. The molecule has 170 valence electrons. The van der Waals surface area contributed by atoms with E-state index in [-0.39, 0.29) is 17.8 Å². The van der Waals surface area contributed by atoms with Crippen molar-refractivity contribution in [2.24, 2.45) is 5.92 Å². The second-order valence-electron chi connectivity index (χ2n) is 8.76. The summed E-state index contributed by atoms with van der Waals surface area (Å²) in [7, 11) is 0. The van der Waals surface area contributed by atoms with E-state index in [2.05, 4.69) is 41.5 Å². The second-order valence-corrected chi connectivity index (χ2v) is 10.1. The third kappa shape index (κ3) is 6.38. The van der Waals surface area contributed by atoms with Crippen LogP contribution >= 0.6 is 11.8 Å². The van der Waals surface area contributed by atoms with Gasteiger partial charge in [0.2, 0.25) is 11.1 Å². The quantitative estimate of drug-likeness (QED) is 0.444. The van der Waals surface area contributed by atoms with Gasteiger partial charge in [0.25, 0.3) is 0 Å². The molecular weight excluding hydrogens is 410 g/mol. The maximum atomic E-state index is 12.5. The molecule has 0 radical (unpaired) electrons. The molecule has 0 bridgehead atoms. The van der Waals surface area contributed by atoms with Crippen LogP contribution in [0.1, 0.15) is 75.7 Å². The second kappa shape index (κ2) is 10.9. The summed E-state index contributed by atoms with van der Waals surface area (Å²) < 4.78 is 7.44. The van der Waals surface area contributed by atoms with Gasteiger partial charge in [0, 0.05) is 6.54 Å². The molecule has 0 spiro atoms. The van der Waals surface area contributed by atoms with Crippen molar-refractivity contribution < 1.29 is 9.53 Å². The van der Waals surface area contributed by atoms with Gasteiger partial charge < -0.3 is 15.9 Å². The lowest BCUT2D eigenvalue weighted by Gasteiger charge is -2.22. The van der Waals surface area contributed by atoms with Gasteiger partial charge in [0.15, 0.2) is 5.82 Å². The number of nitrogens with one attached hydrogen (secondary N) is 1. The first-order valence-corrected chi connectivity index (χ1v) is 12.1. The molecule has 1 heterocycles. The van der Waals surface area contributed by atoms with Crippen molar-refractivity contribution in [1.29, 1.82) is 0 Å². The summed E-state index contributed by atoms with van der Waals surface area (Å²) in [6, 6.07) is 6.21. The number of carbonyl (C=O) groups is 1. The number of rotatable bonds is 9. The van der Waals surface area contributed by atoms with Gasteiger partial charge in [-0.25, -0.2) is 4.68 Å². The van der Waals surface area contributed by atoms with Gasteiger partial charge in [-0.05, 0) is 55.7 Å². The molecule has 0 saturated heterocycles. The molecule has 7 nitrogen and oxygen atoms in total. The lowest BCUT2D eigenvalue weighted by atomic mass is 9.89. The average molecular weight is 446 g/mol. The van der Waals surface area contributed by atoms with Crippen LogP contribution in [0.5, 0.6) is 5.75 Å². The van der Waals surface area contributed by atoms with Crippen LogP contribution in [-0.4, -0.2) is 32.6 Å². The number of nitrogens with zero attached hydrogens (tertiary/aromatic N) is 3. The van der Waals surface area contributed by atoms with E-state index in [4.69, 9.17) is 10.6 Å². The van der Waals surface area contributed by atoms with Crippen LogP contribution in [0.15, 0.2) is 23.4 Å².